The third-order valence-corrected chi connectivity index (χ3v) is 5.41. The van der Waals surface area contributed by atoms with Crippen LogP contribution in [-0.2, 0) is 10.2 Å². The summed E-state index contributed by atoms with van der Waals surface area (Å²) >= 11 is 0. The second kappa shape index (κ2) is 9.90. The van der Waals surface area contributed by atoms with Gasteiger partial charge in [0.1, 0.15) is 12.4 Å². The standard InChI is InChI=1S/C26H33N5O2/c1-7-30(25(33)27-21-11-9-8-10-19(21)3)17-24(32)28-23-16-22(26(4,5)6)29-31(23)20-14-12-18(2)13-15-20/h8-16H,7,17H2,1-6H3,(H,27,33)(H,28,32). The average molecular weight is 448 g/mol. The van der Waals surface area contributed by atoms with Crippen molar-refractivity contribution in [3.63, 3.8) is 0 Å². The van der Waals surface area contributed by atoms with Gasteiger partial charge in [0.05, 0.1) is 11.4 Å². The number of amides is 3. The van der Waals surface area contributed by atoms with E-state index in [1.54, 1.807) is 4.68 Å². The summed E-state index contributed by atoms with van der Waals surface area (Å²) in [5.41, 5.74) is 4.37. The summed E-state index contributed by atoms with van der Waals surface area (Å²) in [6.07, 6.45) is 0. The number of para-hydroxylation sites is 1. The molecule has 0 aliphatic carbocycles. The number of urea groups is 1. The van der Waals surface area contributed by atoms with Crippen LogP contribution in [0.3, 0.4) is 0 Å². The van der Waals surface area contributed by atoms with Crippen LogP contribution in [0.2, 0.25) is 0 Å². The van der Waals surface area contributed by atoms with Crippen molar-refractivity contribution in [2.75, 3.05) is 23.7 Å². The Labute approximate surface area is 195 Å². The maximum atomic E-state index is 12.9. The largest absolute Gasteiger partial charge is 0.322 e. The number of hydrogen-bond donors (Lipinski definition) is 2. The van der Waals surface area contributed by atoms with E-state index in [1.165, 1.54) is 4.90 Å². The summed E-state index contributed by atoms with van der Waals surface area (Å²) in [5.74, 6) is 0.287. The number of nitrogens with one attached hydrogen (secondary N) is 2. The minimum atomic E-state index is -0.315. The molecule has 33 heavy (non-hydrogen) atoms. The number of hydrogen-bond acceptors (Lipinski definition) is 3. The first-order chi connectivity index (χ1) is 15.6. The van der Waals surface area contributed by atoms with Gasteiger partial charge >= 0.3 is 6.03 Å². The molecule has 3 rings (SSSR count). The maximum absolute atomic E-state index is 12.9. The Hall–Kier alpha value is -3.61. The second-order valence-corrected chi connectivity index (χ2v) is 9.22. The minimum absolute atomic E-state index is 0.0713. The van der Waals surface area contributed by atoms with Crippen molar-refractivity contribution in [2.45, 2.75) is 47.0 Å². The number of carbonyl (C=O) groups is 2. The molecule has 0 fully saturated rings. The van der Waals surface area contributed by atoms with E-state index in [4.69, 9.17) is 5.10 Å². The molecular formula is C26H33N5O2. The van der Waals surface area contributed by atoms with Gasteiger partial charge in [0.25, 0.3) is 0 Å². The van der Waals surface area contributed by atoms with Gasteiger partial charge in [0.2, 0.25) is 5.91 Å². The Kier molecular flexibility index (Phi) is 7.21. The molecule has 3 aromatic rings. The zero-order valence-electron chi connectivity index (χ0n) is 20.3. The predicted molar refractivity (Wildman–Crippen MR) is 133 cm³/mol. The zero-order chi connectivity index (χ0) is 24.2. The number of benzene rings is 2. The molecule has 174 valence electrons. The van der Waals surface area contributed by atoms with Gasteiger partial charge in [-0.2, -0.15) is 5.10 Å². The lowest BCUT2D eigenvalue weighted by molar-refractivity contribution is -0.116. The maximum Gasteiger partial charge on any atom is 0.322 e. The normalized spacial score (nSPS) is 11.2. The lowest BCUT2D eigenvalue weighted by atomic mass is 9.92. The van der Waals surface area contributed by atoms with Crippen LogP contribution in [-0.4, -0.2) is 39.7 Å². The van der Waals surface area contributed by atoms with Crippen LogP contribution in [0, 0.1) is 13.8 Å². The molecule has 0 atom stereocenters. The molecule has 0 saturated heterocycles. The highest BCUT2D eigenvalue weighted by Gasteiger charge is 2.23. The van der Waals surface area contributed by atoms with Crippen LogP contribution in [0.25, 0.3) is 5.69 Å². The van der Waals surface area contributed by atoms with Crippen molar-refractivity contribution in [1.82, 2.24) is 14.7 Å². The van der Waals surface area contributed by atoms with E-state index in [9.17, 15) is 9.59 Å². The Morgan fingerprint density at radius 1 is 1.00 bits per heavy atom. The molecule has 1 aromatic heterocycles. The van der Waals surface area contributed by atoms with Gasteiger partial charge in [0.15, 0.2) is 0 Å². The van der Waals surface area contributed by atoms with Gasteiger partial charge in [-0.1, -0.05) is 56.7 Å². The third kappa shape index (κ3) is 6.00. The molecule has 0 spiro atoms. The van der Waals surface area contributed by atoms with E-state index in [2.05, 4.69) is 31.4 Å². The fraction of sp³-hybridized carbons (Fsp3) is 0.346. The van der Waals surface area contributed by atoms with Crippen molar-refractivity contribution >= 4 is 23.4 Å². The number of nitrogens with zero attached hydrogens (tertiary/aromatic N) is 3. The van der Waals surface area contributed by atoms with Gasteiger partial charge < -0.3 is 15.5 Å². The fourth-order valence-electron chi connectivity index (χ4n) is 3.31. The molecule has 2 aromatic carbocycles. The molecule has 7 nitrogen and oxygen atoms in total. The van der Waals surface area contributed by atoms with Crippen molar-refractivity contribution in [3.8, 4) is 5.69 Å². The minimum Gasteiger partial charge on any atom is -0.315 e. The first-order valence-corrected chi connectivity index (χ1v) is 11.2. The first-order valence-electron chi connectivity index (χ1n) is 11.2. The summed E-state index contributed by atoms with van der Waals surface area (Å²) in [5, 5.41) is 10.6. The van der Waals surface area contributed by atoms with Crippen LogP contribution in [0.1, 0.15) is 44.5 Å². The summed E-state index contributed by atoms with van der Waals surface area (Å²) < 4.78 is 1.74. The molecule has 7 heteroatoms. The van der Waals surface area contributed by atoms with Crippen LogP contribution in [0.4, 0.5) is 16.3 Å². The van der Waals surface area contributed by atoms with E-state index >= 15 is 0 Å². The first kappa shape index (κ1) is 24.0. The summed E-state index contributed by atoms with van der Waals surface area (Å²) in [7, 11) is 0. The number of anilines is 2. The highest BCUT2D eigenvalue weighted by molar-refractivity contribution is 5.97. The number of carbonyl (C=O) groups excluding carboxylic acids is 2. The van der Waals surface area contributed by atoms with E-state index < -0.39 is 0 Å². The van der Waals surface area contributed by atoms with Gasteiger partial charge in [-0.05, 0) is 44.5 Å². The summed E-state index contributed by atoms with van der Waals surface area (Å²) in [6, 6.07) is 17.1. The van der Waals surface area contributed by atoms with Crippen LogP contribution in [0.15, 0.2) is 54.6 Å². The molecule has 0 aliphatic heterocycles. The summed E-state index contributed by atoms with van der Waals surface area (Å²) in [4.78, 5) is 27.2. The molecule has 3 amide bonds. The number of rotatable bonds is 6. The van der Waals surface area contributed by atoms with Gasteiger partial charge in [-0.15, -0.1) is 0 Å². The van der Waals surface area contributed by atoms with Crippen LogP contribution in [0.5, 0.6) is 0 Å². The van der Waals surface area contributed by atoms with Crippen LogP contribution >= 0.6 is 0 Å². The SMILES string of the molecule is CCN(CC(=O)Nc1cc(C(C)(C)C)nn1-c1ccc(C)cc1)C(=O)Nc1ccccc1C. The Balaban J connectivity index is 1.78. The van der Waals surface area contributed by atoms with Crippen LogP contribution < -0.4 is 10.6 Å². The number of aromatic nitrogens is 2. The van der Waals surface area contributed by atoms with Gasteiger partial charge in [-0.25, -0.2) is 9.48 Å². The topological polar surface area (TPSA) is 79.3 Å². The molecule has 0 aliphatic rings. The molecule has 1 heterocycles. The fourth-order valence-corrected chi connectivity index (χ4v) is 3.31. The van der Waals surface area contributed by atoms with Gasteiger partial charge in [-0.3, -0.25) is 4.79 Å². The second-order valence-electron chi connectivity index (χ2n) is 9.22. The van der Waals surface area contributed by atoms with E-state index in [-0.39, 0.29) is 23.9 Å². The molecule has 0 unspecified atom stereocenters. The van der Waals surface area contributed by atoms with Crippen molar-refractivity contribution < 1.29 is 9.59 Å². The average Bonchev–Trinajstić information content (AvgIpc) is 3.18. The monoisotopic (exact) mass is 447 g/mol. The number of aryl methyl sites for hydroxylation is 2. The molecule has 0 bridgehead atoms. The zero-order valence-corrected chi connectivity index (χ0v) is 20.3. The summed E-state index contributed by atoms with van der Waals surface area (Å²) in [6.45, 7) is 12.4. The van der Waals surface area contributed by atoms with E-state index in [1.807, 2.05) is 75.4 Å². The Morgan fingerprint density at radius 2 is 1.67 bits per heavy atom. The highest BCUT2D eigenvalue weighted by Crippen LogP contribution is 2.26. The molecular weight excluding hydrogens is 414 g/mol. The smallest absolute Gasteiger partial charge is 0.315 e. The Bertz CT molecular complexity index is 1130. The lowest BCUT2D eigenvalue weighted by Gasteiger charge is -2.21. The highest BCUT2D eigenvalue weighted by atomic mass is 16.2. The Morgan fingerprint density at radius 3 is 2.27 bits per heavy atom. The molecule has 0 radical (unpaired) electrons. The number of likely N-dealkylation sites (N-methyl/N-ethyl adjacent to an activating group) is 1. The molecule has 0 saturated carbocycles. The van der Waals surface area contributed by atoms with Crippen molar-refractivity contribution in [2.24, 2.45) is 0 Å². The predicted octanol–water partition coefficient (Wildman–Crippen LogP) is 5.28. The quantitative estimate of drug-likeness (QED) is 0.540. The lowest BCUT2D eigenvalue weighted by Crippen LogP contribution is -2.40. The molecule has 2 N–H and O–H groups in total. The van der Waals surface area contributed by atoms with E-state index in [0.717, 1.165) is 28.2 Å². The van der Waals surface area contributed by atoms with Crippen molar-refractivity contribution in [3.05, 3.63) is 71.4 Å². The third-order valence-electron chi connectivity index (χ3n) is 5.41. The van der Waals surface area contributed by atoms with Crippen molar-refractivity contribution in [1.29, 1.82) is 0 Å². The van der Waals surface area contributed by atoms with Gasteiger partial charge in [0, 0.05) is 23.7 Å². The van der Waals surface area contributed by atoms with E-state index in [0.29, 0.717) is 12.4 Å².